The van der Waals surface area contributed by atoms with Gasteiger partial charge in [-0.3, -0.25) is 4.79 Å². The lowest BCUT2D eigenvalue weighted by Crippen LogP contribution is -2.61. The first kappa shape index (κ1) is 14.2. The number of carbonyl (C=O) groups excluding carboxylic acids is 2. The molecule has 0 saturated carbocycles. The molecular formula is C16H20O6. The van der Waals surface area contributed by atoms with Crippen molar-refractivity contribution in [2.75, 3.05) is 14.2 Å². The summed E-state index contributed by atoms with van der Waals surface area (Å²) in [4.78, 5) is 25.1. The van der Waals surface area contributed by atoms with Gasteiger partial charge < -0.3 is 18.9 Å². The molecule has 0 amide bonds. The van der Waals surface area contributed by atoms with Crippen LogP contribution in [0.25, 0.3) is 0 Å². The maximum atomic E-state index is 12.7. The second-order valence-electron chi connectivity index (χ2n) is 6.46. The molecule has 2 aliphatic carbocycles. The standard InChI is InChI=1S/C16H20O6/c1-19-12(17)10-9-7-5-3-4-6-8-15-14(22-15)21-11(9)16(10,15)13(18)20-2/h11,14H,3-8H2,1-2H3/t11-,14-,15+,16+/m0/s1. The van der Waals surface area contributed by atoms with E-state index in [0.29, 0.717) is 12.0 Å². The van der Waals surface area contributed by atoms with Crippen LogP contribution in [0.3, 0.4) is 0 Å². The summed E-state index contributed by atoms with van der Waals surface area (Å²) in [6.45, 7) is 0. The van der Waals surface area contributed by atoms with Crippen molar-refractivity contribution in [3.05, 3.63) is 11.1 Å². The molecule has 120 valence electrons. The molecule has 0 aromatic heterocycles. The van der Waals surface area contributed by atoms with Crippen molar-refractivity contribution in [1.82, 2.24) is 0 Å². The van der Waals surface area contributed by atoms with E-state index in [1.807, 2.05) is 0 Å². The Labute approximate surface area is 128 Å². The van der Waals surface area contributed by atoms with E-state index in [4.69, 9.17) is 18.9 Å². The summed E-state index contributed by atoms with van der Waals surface area (Å²) in [7, 11) is 2.68. The van der Waals surface area contributed by atoms with Crippen LogP contribution in [0.2, 0.25) is 0 Å². The Balaban J connectivity index is 1.88. The Morgan fingerprint density at radius 2 is 1.91 bits per heavy atom. The van der Waals surface area contributed by atoms with Crippen LogP contribution in [0.15, 0.2) is 11.1 Å². The Morgan fingerprint density at radius 3 is 2.64 bits per heavy atom. The molecule has 2 aliphatic heterocycles. The molecule has 4 atom stereocenters. The minimum absolute atomic E-state index is 0.397. The molecule has 0 radical (unpaired) electrons. The summed E-state index contributed by atoms with van der Waals surface area (Å²) in [5.74, 6) is -0.904. The normalized spacial score (nSPS) is 42.1. The summed E-state index contributed by atoms with van der Waals surface area (Å²) in [6.07, 6.45) is 4.81. The van der Waals surface area contributed by atoms with E-state index < -0.39 is 35.3 Å². The van der Waals surface area contributed by atoms with Crippen LogP contribution in [-0.4, -0.2) is 44.2 Å². The van der Waals surface area contributed by atoms with Gasteiger partial charge in [0.2, 0.25) is 0 Å². The van der Waals surface area contributed by atoms with Crippen LogP contribution in [0, 0.1) is 5.41 Å². The van der Waals surface area contributed by atoms with Gasteiger partial charge in [-0.2, -0.15) is 0 Å². The summed E-state index contributed by atoms with van der Waals surface area (Å²) in [5.41, 5.74) is -0.551. The number of epoxide rings is 1. The fraction of sp³-hybridized carbons (Fsp3) is 0.750. The molecule has 4 rings (SSSR count). The quantitative estimate of drug-likeness (QED) is 0.568. The minimum atomic E-state index is -1.13. The molecule has 2 heterocycles. The molecule has 0 aromatic rings. The van der Waals surface area contributed by atoms with Gasteiger partial charge in [0.1, 0.15) is 11.7 Å². The van der Waals surface area contributed by atoms with E-state index in [1.165, 1.54) is 14.2 Å². The maximum absolute atomic E-state index is 12.7. The van der Waals surface area contributed by atoms with Gasteiger partial charge in [-0.05, 0) is 24.8 Å². The van der Waals surface area contributed by atoms with Crippen molar-refractivity contribution in [3.63, 3.8) is 0 Å². The van der Waals surface area contributed by atoms with Gasteiger partial charge in [-0.15, -0.1) is 0 Å². The SMILES string of the molecule is COC(=O)C1=C2CCCCCC[C@@]34O[C@@H]3O[C@@H]2[C@@]14C(=O)OC. The molecule has 4 aliphatic rings. The zero-order chi connectivity index (χ0) is 15.5. The second kappa shape index (κ2) is 4.55. The molecule has 0 unspecified atom stereocenters. The third kappa shape index (κ3) is 1.38. The number of esters is 2. The predicted molar refractivity (Wildman–Crippen MR) is 73.7 cm³/mol. The number of rotatable bonds is 2. The fourth-order valence-corrected chi connectivity index (χ4v) is 4.64. The van der Waals surface area contributed by atoms with Crippen LogP contribution >= 0.6 is 0 Å². The largest absolute Gasteiger partial charge is 0.468 e. The number of fused-ring (bicyclic) bond motifs is 1. The fourth-order valence-electron chi connectivity index (χ4n) is 4.64. The lowest BCUT2D eigenvalue weighted by molar-refractivity contribution is -0.173. The topological polar surface area (TPSA) is 74.4 Å². The molecule has 1 spiro atoms. The van der Waals surface area contributed by atoms with Crippen LogP contribution in [-0.2, 0) is 28.5 Å². The van der Waals surface area contributed by atoms with Gasteiger partial charge in [0.25, 0.3) is 0 Å². The first-order chi connectivity index (χ1) is 10.6. The van der Waals surface area contributed by atoms with Crippen molar-refractivity contribution in [2.45, 2.75) is 56.5 Å². The highest BCUT2D eigenvalue weighted by atomic mass is 16.8. The van der Waals surface area contributed by atoms with Crippen molar-refractivity contribution >= 4 is 11.9 Å². The first-order valence-corrected chi connectivity index (χ1v) is 7.87. The Hall–Kier alpha value is -1.40. The summed E-state index contributed by atoms with van der Waals surface area (Å²) >= 11 is 0. The zero-order valence-corrected chi connectivity index (χ0v) is 12.8. The lowest BCUT2D eigenvalue weighted by atomic mass is 9.54. The third-order valence-corrected chi connectivity index (χ3v) is 5.63. The maximum Gasteiger partial charge on any atom is 0.335 e. The van der Waals surface area contributed by atoms with Gasteiger partial charge in [-0.25, -0.2) is 4.79 Å². The Kier molecular flexibility index (Phi) is 2.94. The molecule has 6 nitrogen and oxygen atoms in total. The van der Waals surface area contributed by atoms with Crippen LogP contribution < -0.4 is 0 Å². The van der Waals surface area contributed by atoms with Gasteiger partial charge in [0.15, 0.2) is 11.7 Å². The van der Waals surface area contributed by atoms with E-state index in [9.17, 15) is 9.59 Å². The monoisotopic (exact) mass is 308 g/mol. The van der Waals surface area contributed by atoms with Gasteiger partial charge >= 0.3 is 11.9 Å². The predicted octanol–water partition coefficient (Wildman–Crippen LogP) is 1.48. The highest BCUT2D eigenvalue weighted by Crippen LogP contribution is 2.72. The van der Waals surface area contributed by atoms with Crippen LogP contribution in [0.1, 0.15) is 38.5 Å². The number of ether oxygens (including phenoxy) is 4. The highest BCUT2D eigenvalue weighted by Gasteiger charge is 2.88. The van der Waals surface area contributed by atoms with Crippen molar-refractivity contribution < 1.29 is 28.5 Å². The van der Waals surface area contributed by atoms with E-state index in [-0.39, 0.29) is 0 Å². The zero-order valence-electron chi connectivity index (χ0n) is 12.8. The van der Waals surface area contributed by atoms with E-state index in [2.05, 4.69) is 0 Å². The molecule has 2 fully saturated rings. The number of hydrogen-bond acceptors (Lipinski definition) is 6. The summed E-state index contributed by atoms with van der Waals surface area (Å²) in [5, 5.41) is 0. The van der Waals surface area contributed by atoms with Crippen molar-refractivity contribution in [2.24, 2.45) is 5.41 Å². The van der Waals surface area contributed by atoms with Crippen molar-refractivity contribution in [1.29, 1.82) is 0 Å². The molecule has 2 bridgehead atoms. The smallest absolute Gasteiger partial charge is 0.335 e. The summed E-state index contributed by atoms with van der Waals surface area (Å²) < 4.78 is 21.7. The van der Waals surface area contributed by atoms with E-state index in [1.54, 1.807) is 0 Å². The van der Waals surface area contributed by atoms with E-state index >= 15 is 0 Å². The van der Waals surface area contributed by atoms with Gasteiger partial charge in [0.05, 0.1) is 19.8 Å². The average Bonchev–Trinajstić information content (AvgIpc) is 3.17. The molecule has 6 heteroatoms. The van der Waals surface area contributed by atoms with Gasteiger partial charge in [-0.1, -0.05) is 19.3 Å². The Morgan fingerprint density at radius 1 is 1.14 bits per heavy atom. The minimum Gasteiger partial charge on any atom is -0.468 e. The average molecular weight is 308 g/mol. The molecule has 0 aromatic carbocycles. The third-order valence-electron chi connectivity index (χ3n) is 5.63. The van der Waals surface area contributed by atoms with Gasteiger partial charge in [0, 0.05) is 0 Å². The number of hydrogen-bond donors (Lipinski definition) is 0. The Bertz CT molecular complexity index is 581. The molecule has 0 N–H and O–H groups in total. The van der Waals surface area contributed by atoms with Crippen LogP contribution in [0.4, 0.5) is 0 Å². The molecule has 2 saturated heterocycles. The lowest BCUT2D eigenvalue weighted by Gasteiger charge is -2.48. The first-order valence-electron chi connectivity index (χ1n) is 7.87. The van der Waals surface area contributed by atoms with E-state index in [0.717, 1.165) is 37.7 Å². The number of carbonyl (C=O) groups is 2. The van der Waals surface area contributed by atoms with Crippen LogP contribution in [0.5, 0.6) is 0 Å². The van der Waals surface area contributed by atoms with Crippen molar-refractivity contribution in [3.8, 4) is 0 Å². The summed E-state index contributed by atoms with van der Waals surface area (Å²) in [6, 6.07) is 0. The number of methoxy groups -OCH3 is 2. The highest BCUT2D eigenvalue weighted by molar-refractivity contribution is 6.05. The molecule has 22 heavy (non-hydrogen) atoms. The molecular weight excluding hydrogens is 288 g/mol. The second-order valence-corrected chi connectivity index (χ2v) is 6.46.